The van der Waals surface area contributed by atoms with Crippen LogP contribution < -0.4 is 5.32 Å². The summed E-state index contributed by atoms with van der Waals surface area (Å²) in [5.41, 5.74) is -0.829. The molecule has 0 aliphatic heterocycles. The second kappa shape index (κ2) is 6.09. The third kappa shape index (κ3) is 3.63. The molecule has 0 atom stereocenters. The number of rotatable bonds is 3. The van der Waals surface area contributed by atoms with Crippen molar-refractivity contribution in [3.05, 3.63) is 35.9 Å². The molecule has 0 spiro atoms. The molecule has 1 N–H and O–H groups in total. The molecule has 0 aromatic carbocycles. The number of hydrogen-bond donors (Lipinski definition) is 1. The number of hydrogen-bond acceptors (Lipinski definition) is 4. The number of anilines is 1. The summed E-state index contributed by atoms with van der Waals surface area (Å²) in [5, 5.41) is 12.3. The number of carbonyl (C=O) groups excluding carboxylic acids is 1. The largest absolute Gasteiger partial charge is 0.419 e. The molecule has 0 radical (unpaired) electrons. The quantitative estimate of drug-likeness (QED) is 0.862. The van der Waals surface area contributed by atoms with E-state index in [0.29, 0.717) is 6.20 Å². The van der Waals surface area contributed by atoms with Crippen molar-refractivity contribution in [3.8, 4) is 0 Å². The minimum atomic E-state index is -5.61. The smallest absolute Gasteiger partial charge is 0.320 e. The summed E-state index contributed by atoms with van der Waals surface area (Å²) in [7, 11) is 0. The lowest BCUT2D eigenvalue weighted by Crippen LogP contribution is -2.39. The molecule has 2 aromatic rings. The zero-order valence-electron chi connectivity index (χ0n) is 11.9. The van der Waals surface area contributed by atoms with E-state index in [0.717, 1.165) is 13.1 Å². The van der Waals surface area contributed by atoms with Crippen LogP contribution in [-0.4, -0.2) is 38.2 Å². The third-order valence-corrected chi connectivity index (χ3v) is 3.00. The van der Waals surface area contributed by atoms with Gasteiger partial charge in [-0.05, 0) is 13.0 Å². The van der Waals surface area contributed by atoms with Crippen molar-refractivity contribution in [2.75, 3.05) is 5.32 Å². The number of nitrogens with one attached hydrogen (secondary N) is 1. The summed E-state index contributed by atoms with van der Waals surface area (Å²) < 4.78 is 76.2. The highest BCUT2D eigenvalue weighted by atomic mass is 19.4. The molecule has 2 rings (SSSR count). The molecular weight excluding hydrogens is 344 g/mol. The average molecular weight is 353 g/mol. The first-order valence-corrected chi connectivity index (χ1v) is 6.27. The molecule has 0 saturated carbocycles. The topological polar surface area (TPSA) is 72.7 Å². The van der Waals surface area contributed by atoms with Gasteiger partial charge in [0.15, 0.2) is 0 Å². The Balaban J connectivity index is 2.35. The highest BCUT2D eigenvalue weighted by Crippen LogP contribution is 2.43. The van der Waals surface area contributed by atoms with Crippen LogP contribution in [0.1, 0.15) is 22.1 Å². The van der Waals surface area contributed by atoms with Gasteiger partial charge in [-0.15, -0.1) is 0 Å². The maximum absolute atomic E-state index is 12.7. The molecule has 0 bridgehead atoms. The first kappa shape index (κ1) is 17.7. The Labute approximate surface area is 130 Å². The van der Waals surface area contributed by atoms with Gasteiger partial charge in [0.2, 0.25) is 6.04 Å². The predicted molar refractivity (Wildman–Crippen MR) is 68.1 cm³/mol. The molecule has 2 aromatic heterocycles. The lowest BCUT2D eigenvalue weighted by atomic mass is 10.2. The van der Waals surface area contributed by atoms with Crippen LogP contribution in [-0.2, 0) is 0 Å². The van der Waals surface area contributed by atoms with Crippen molar-refractivity contribution in [2.24, 2.45) is 0 Å². The maximum atomic E-state index is 12.7. The van der Waals surface area contributed by atoms with Crippen molar-refractivity contribution in [3.63, 3.8) is 0 Å². The second-order valence-corrected chi connectivity index (χ2v) is 4.66. The molecular formula is C12H9F6N5O. The van der Waals surface area contributed by atoms with Gasteiger partial charge < -0.3 is 5.32 Å². The van der Waals surface area contributed by atoms with Gasteiger partial charge in [0.05, 0.1) is 29.8 Å². The van der Waals surface area contributed by atoms with E-state index < -0.39 is 35.6 Å². The summed E-state index contributed by atoms with van der Waals surface area (Å²) >= 11 is 0. The number of halogens is 6. The monoisotopic (exact) mass is 353 g/mol. The summed E-state index contributed by atoms with van der Waals surface area (Å²) in [6.45, 7) is 0.942. The van der Waals surface area contributed by atoms with Gasteiger partial charge in [-0.3, -0.25) is 4.79 Å². The molecule has 1 amide bonds. The number of amides is 1. The first-order chi connectivity index (χ1) is 11.0. The van der Waals surface area contributed by atoms with E-state index in [-0.39, 0.29) is 10.4 Å². The van der Waals surface area contributed by atoms with Gasteiger partial charge in [-0.1, -0.05) is 0 Å². The molecule has 12 heteroatoms. The van der Waals surface area contributed by atoms with Crippen LogP contribution >= 0.6 is 0 Å². The summed E-state index contributed by atoms with van der Waals surface area (Å²) in [5.74, 6) is -0.921. The highest BCUT2D eigenvalue weighted by Gasteiger charge is 2.59. The Morgan fingerprint density at radius 2 is 1.75 bits per heavy atom. The molecule has 2 heterocycles. The fraction of sp³-hybridized carbons (Fsp3) is 0.333. The van der Waals surface area contributed by atoms with Crippen LogP contribution in [0, 0.1) is 6.92 Å². The van der Waals surface area contributed by atoms with Crippen LogP contribution in [0.5, 0.6) is 0 Å². The lowest BCUT2D eigenvalue weighted by molar-refractivity contribution is -0.277. The van der Waals surface area contributed by atoms with Gasteiger partial charge in [0, 0.05) is 5.69 Å². The molecule has 0 unspecified atom stereocenters. The third-order valence-electron chi connectivity index (χ3n) is 3.00. The Bertz CT molecular complexity index is 710. The minimum absolute atomic E-state index is 0.172. The molecule has 130 valence electrons. The van der Waals surface area contributed by atoms with E-state index >= 15 is 0 Å². The van der Waals surface area contributed by atoms with Gasteiger partial charge in [-0.25, -0.2) is 4.68 Å². The zero-order chi connectivity index (χ0) is 18.1. The number of aromatic nitrogens is 4. The Morgan fingerprint density at radius 1 is 1.12 bits per heavy atom. The van der Waals surface area contributed by atoms with E-state index in [2.05, 4.69) is 20.6 Å². The lowest BCUT2D eigenvalue weighted by Gasteiger charge is -2.24. The maximum Gasteiger partial charge on any atom is 0.419 e. The van der Waals surface area contributed by atoms with Crippen molar-refractivity contribution < 1.29 is 31.1 Å². The fourth-order valence-electron chi connectivity index (χ4n) is 1.93. The second-order valence-electron chi connectivity index (χ2n) is 4.66. The van der Waals surface area contributed by atoms with Crippen LogP contribution in [0.2, 0.25) is 0 Å². The normalized spacial score (nSPS) is 12.5. The number of nitrogens with zero attached hydrogens (tertiary/aromatic N) is 4. The Kier molecular flexibility index (Phi) is 4.49. The SMILES string of the molecule is Cc1c(C(=O)Nc2ccnnc2)cnn1C(C(F)(F)F)C(F)(F)F. The van der Waals surface area contributed by atoms with Crippen molar-refractivity contribution >= 4 is 11.6 Å². The van der Waals surface area contributed by atoms with Crippen molar-refractivity contribution in [1.29, 1.82) is 0 Å². The summed E-state index contributed by atoms with van der Waals surface area (Å²) in [4.78, 5) is 12.0. The molecule has 0 aliphatic carbocycles. The average Bonchev–Trinajstić information content (AvgIpc) is 2.78. The van der Waals surface area contributed by atoms with Crippen LogP contribution in [0.25, 0.3) is 0 Å². The Hall–Kier alpha value is -2.66. The standard InChI is InChI=1S/C12H9F6N5O/c1-6-8(9(24)22-7-2-3-19-20-4-7)5-21-23(6)10(11(13,14)15)12(16,17)18/h2-5,10H,1H3,(H,19,22,24). The molecule has 0 fully saturated rings. The van der Waals surface area contributed by atoms with E-state index in [4.69, 9.17) is 0 Å². The van der Waals surface area contributed by atoms with Crippen LogP contribution in [0.4, 0.5) is 32.0 Å². The van der Waals surface area contributed by atoms with Gasteiger partial charge >= 0.3 is 12.4 Å². The number of alkyl halides is 6. The van der Waals surface area contributed by atoms with E-state index in [1.54, 1.807) is 0 Å². The van der Waals surface area contributed by atoms with E-state index in [1.807, 2.05) is 0 Å². The zero-order valence-corrected chi connectivity index (χ0v) is 11.9. The minimum Gasteiger partial charge on any atom is -0.320 e. The van der Waals surface area contributed by atoms with Gasteiger partial charge in [0.1, 0.15) is 0 Å². The van der Waals surface area contributed by atoms with Crippen molar-refractivity contribution in [1.82, 2.24) is 20.0 Å². The molecule has 0 saturated heterocycles. The summed E-state index contributed by atoms with van der Waals surface area (Å²) in [6, 6.07) is -2.49. The van der Waals surface area contributed by atoms with Crippen LogP contribution in [0.15, 0.2) is 24.7 Å². The molecule has 24 heavy (non-hydrogen) atoms. The summed E-state index contributed by atoms with van der Waals surface area (Å²) in [6.07, 6.45) is -8.18. The number of carbonyl (C=O) groups is 1. The van der Waals surface area contributed by atoms with Crippen LogP contribution in [0.3, 0.4) is 0 Å². The Morgan fingerprint density at radius 3 is 2.25 bits per heavy atom. The van der Waals surface area contributed by atoms with Crippen molar-refractivity contribution in [2.45, 2.75) is 25.3 Å². The fourth-order valence-corrected chi connectivity index (χ4v) is 1.93. The predicted octanol–water partition coefficient (Wildman–Crippen LogP) is 2.90. The van der Waals surface area contributed by atoms with E-state index in [9.17, 15) is 31.1 Å². The molecule has 6 nitrogen and oxygen atoms in total. The molecule has 0 aliphatic rings. The van der Waals surface area contributed by atoms with E-state index in [1.165, 1.54) is 12.3 Å². The highest BCUT2D eigenvalue weighted by molar-refractivity contribution is 6.04. The van der Waals surface area contributed by atoms with Gasteiger partial charge in [0.25, 0.3) is 5.91 Å². The van der Waals surface area contributed by atoms with Gasteiger partial charge in [-0.2, -0.15) is 41.6 Å². The first-order valence-electron chi connectivity index (χ1n) is 6.27.